The van der Waals surface area contributed by atoms with Gasteiger partial charge in [-0.3, -0.25) is 19.3 Å². The molecule has 0 aromatic heterocycles. The highest BCUT2D eigenvalue weighted by molar-refractivity contribution is 6.30. The van der Waals surface area contributed by atoms with Gasteiger partial charge in [-0.25, -0.2) is 0 Å². The maximum Gasteiger partial charge on any atom is 0.259 e. The summed E-state index contributed by atoms with van der Waals surface area (Å²) in [6, 6.07) is 14.0. The smallest absolute Gasteiger partial charge is 0.259 e. The zero-order valence-corrected chi connectivity index (χ0v) is 16.0. The van der Waals surface area contributed by atoms with Gasteiger partial charge in [0.05, 0.1) is 0 Å². The van der Waals surface area contributed by atoms with Crippen LogP contribution in [0.2, 0.25) is 5.02 Å². The normalized spacial score (nSPS) is 12.7. The second kappa shape index (κ2) is 8.71. The molecule has 144 valence electrons. The van der Waals surface area contributed by atoms with E-state index in [1.807, 2.05) is 12.1 Å². The molecular formula is C21H20ClN3O3. The average Bonchev–Trinajstić information content (AvgIpc) is 2.92. The molecule has 1 aliphatic rings. The van der Waals surface area contributed by atoms with Crippen LogP contribution in [0.25, 0.3) is 5.70 Å². The van der Waals surface area contributed by atoms with E-state index in [4.69, 9.17) is 11.6 Å². The van der Waals surface area contributed by atoms with Crippen molar-refractivity contribution in [2.75, 3.05) is 18.4 Å². The van der Waals surface area contributed by atoms with E-state index in [0.29, 0.717) is 34.9 Å². The molecule has 6 nitrogen and oxygen atoms in total. The molecule has 1 heterocycles. The largest absolute Gasteiger partial charge is 0.355 e. The molecule has 2 aromatic carbocycles. The van der Waals surface area contributed by atoms with E-state index in [-0.39, 0.29) is 30.7 Å². The highest BCUT2D eigenvalue weighted by atomic mass is 35.5. The van der Waals surface area contributed by atoms with E-state index in [1.54, 1.807) is 36.4 Å². The topological polar surface area (TPSA) is 78.5 Å². The number of amides is 3. The quantitative estimate of drug-likeness (QED) is 0.703. The molecule has 0 fully saturated rings. The predicted octanol–water partition coefficient (Wildman–Crippen LogP) is 3.30. The van der Waals surface area contributed by atoms with Crippen LogP contribution < -0.4 is 10.6 Å². The molecule has 28 heavy (non-hydrogen) atoms. The standard InChI is InChI=1S/C21H20ClN3O3/c1-14-17-5-2-3-6-18(17)21(28)25(14)13-20(27)23-12-4-7-19(26)24-16-10-8-15(22)9-11-16/h2-3,5-6,8-11H,1,4,7,12-13H2,(H,23,27)(H,24,26). The van der Waals surface area contributed by atoms with Crippen molar-refractivity contribution in [3.63, 3.8) is 0 Å². The van der Waals surface area contributed by atoms with E-state index >= 15 is 0 Å². The minimum absolute atomic E-state index is 0.0939. The first-order valence-electron chi connectivity index (χ1n) is 8.88. The first-order valence-corrected chi connectivity index (χ1v) is 9.26. The first kappa shape index (κ1) is 19.6. The third-order valence-electron chi connectivity index (χ3n) is 4.37. The summed E-state index contributed by atoms with van der Waals surface area (Å²) in [6.07, 6.45) is 0.754. The molecule has 0 bridgehead atoms. The van der Waals surface area contributed by atoms with Crippen LogP contribution in [0.15, 0.2) is 55.1 Å². The van der Waals surface area contributed by atoms with Crippen molar-refractivity contribution in [2.24, 2.45) is 0 Å². The van der Waals surface area contributed by atoms with E-state index in [0.717, 1.165) is 5.56 Å². The van der Waals surface area contributed by atoms with Crippen LogP contribution in [0.5, 0.6) is 0 Å². The number of rotatable bonds is 7. The van der Waals surface area contributed by atoms with Crippen LogP contribution in [0.1, 0.15) is 28.8 Å². The maximum absolute atomic E-state index is 12.4. The molecule has 3 amide bonds. The Balaban J connectivity index is 1.39. The Kier molecular flexibility index (Phi) is 6.11. The fourth-order valence-electron chi connectivity index (χ4n) is 2.93. The fraction of sp³-hybridized carbons (Fsp3) is 0.190. The number of halogens is 1. The molecule has 3 rings (SSSR count). The van der Waals surface area contributed by atoms with Crippen molar-refractivity contribution in [3.05, 3.63) is 71.3 Å². The van der Waals surface area contributed by atoms with Gasteiger partial charge in [-0.15, -0.1) is 0 Å². The summed E-state index contributed by atoms with van der Waals surface area (Å²) in [7, 11) is 0. The third kappa shape index (κ3) is 4.58. The van der Waals surface area contributed by atoms with Crippen LogP contribution in [-0.4, -0.2) is 35.7 Å². The van der Waals surface area contributed by atoms with Crippen LogP contribution in [0, 0.1) is 0 Å². The molecule has 0 atom stereocenters. The molecule has 1 aliphatic heterocycles. The van der Waals surface area contributed by atoms with Gasteiger partial charge in [0.1, 0.15) is 6.54 Å². The van der Waals surface area contributed by atoms with Crippen molar-refractivity contribution in [1.82, 2.24) is 10.2 Å². The predicted molar refractivity (Wildman–Crippen MR) is 109 cm³/mol. The van der Waals surface area contributed by atoms with Crippen molar-refractivity contribution >= 4 is 40.7 Å². The Bertz CT molecular complexity index is 890. The zero-order valence-electron chi connectivity index (χ0n) is 15.2. The van der Waals surface area contributed by atoms with Crippen molar-refractivity contribution < 1.29 is 14.4 Å². The van der Waals surface area contributed by atoms with E-state index < -0.39 is 0 Å². The monoisotopic (exact) mass is 397 g/mol. The first-order chi connectivity index (χ1) is 13.5. The summed E-state index contributed by atoms with van der Waals surface area (Å²) in [6.45, 7) is 4.16. The van der Waals surface area contributed by atoms with Gasteiger partial charge in [-0.2, -0.15) is 0 Å². The summed E-state index contributed by atoms with van der Waals surface area (Å²) in [5, 5.41) is 6.10. The van der Waals surface area contributed by atoms with Gasteiger partial charge in [0.25, 0.3) is 5.91 Å². The Labute approximate surface area is 168 Å². The van der Waals surface area contributed by atoms with Gasteiger partial charge in [0, 0.05) is 40.5 Å². The molecule has 0 radical (unpaired) electrons. The minimum atomic E-state index is -0.291. The molecule has 2 aromatic rings. The number of hydrogen-bond acceptors (Lipinski definition) is 3. The lowest BCUT2D eigenvalue weighted by molar-refractivity contribution is -0.121. The highest BCUT2D eigenvalue weighted by Gasteiger charge is 2.31. The minimum Gasteiger partial charge on any atom is -0.355 e. The number of carbonyl (C=O) groups is 3. The van der Waals surface area contributed by atoms with E-state index in [9.17, 15) is 14.4 Å². The van der Waals surface area contributed by atoms with Gasteiger partial charge in [0.2, 0.25) is 11.8 Å². The Morgan fingerprint density at radius 1 is 1.00 bits per heavy atom. The summed E-state index contributed by atoms with van der Waals surface area (Å²) in [5.41, 5.74) is 2.50. The van der Waals surface area contributed by atoms with Gasteiger partial charge >= 0.3 is 0 Å². The average molecular weight is 398 g/mol. The summed E-state index contributed by atoms with van der Waals surface area (Å²) < 4.78 is 0. The number of hydrogen-bond donors (Lipinski definition) is 2. The molecule has 0 aliphatic carbocycles. The van der Waals surface area contributed by atoms with Crippen molar-refractivity contribution in [1.29, 1.82) is 0 Å². The zero-order chi connectivity index (χ0) is 20.1. The third-order valence-corrected chi connectivity index (χ3v) is 4.62. The number of carbonyl (C=O) groups excluding carboxylic acids is 3. The van der Waals surface area contributed by atoms with Gasteiger partial charge < -0.3 is 10.6 Å². The molecule has 2 N–H and O–H groups in total. The van der Waals surface area contributed by atoms with Crippen molar-refractivity contribution in [3.8, 4) is 0 Å². The van der Waals surface area contributed by atoms with Gasteiger partial charge in [-0.1, -0.05) is 36.4 Å². The fourth-order valence-corrected chi connectivity index (χ4v) is 3.06. The molecular weight excluding hydrogens is 378 g/mol. The second-order valence-electron chi connectivity index (χ2n) is 6.39. The molecule has 0 saturated carbocycles. The lowest BCUT2D eigenvalue weighted by Crippen LogP contribution is -2.37. The SMILES string of the molecule is C=C1c2ccccc2C(=O)N1CC(=O)NCCCC(=O)Nc1ccc(Cl)cc1. The highest BCUT2D eigenvalue weighted by Crippen LogP contribution is 2.30. The van der Waals surface area contributed by atoms with Crippen molar-refractivity contribution in [2.45, 2.75) is 12.8 Å². The summed E-state index contributed by atoms with van der Waals surface area (Å²) >= 11 is 5.80. The number of fused-ring (bicyclic) bond motifs is 1. The van der Waals surface area contributed by atoms with E-state index in [2.05, 4.69) is 17.2 Å². The maximum atomic E-state index is 12.4. The molecule has 7 heteroatoms. The summed E-state index contributed by atoms with van der Waals surface area (Å²) in [4.78, 5) is 37.8. The molecule has 0 saturated heterocycles. The molecule has 0 spiro atoms. The van der Waals surface area contributed by atoms with Gasteiger partial charge in [-0.05, 0) is 36.8 Å². The lowest BCUT2D eigenvalue weighted by atomic mass is 10.1. The van der Waals surface area contributed by atoms with Crippen LogP contribution in [-0.2, 0) is 9.59 Å². The Hall–Kier alpha value is -3.12. The van der Waals surface area contributed by atoms with Crippen LogP contribution >= 0.6 is 11.6 Å². The Morgan fingerprint density at radius 3 is 2.36 bits per heavy atom. The summed E-state index contributed by atoms with van der Waals surface area (Å²) in [5.74, 6) is -0.659. The lowest BCUT2D eigenvalue weighted by Gasteiger charge is -2.16. The molecule has 0 unspecified atom stereocenters. The number of nitrogens with zero attached hydrogens (tertiary/aromatic N) is 1. The number of nitrogens with one attached hydrogen (secondary N) is 2. The number of benzene rings is 2. The van der Waals surface area contributed by atoms with Crippen LogP contribution in [0.4, 0.5) is 5.69 Å². The van der Waals surface area contributed by atoms with Crippen LogP contribution in [0.3, 0.4) is 0 Å². The van der Waals surface area contributed by atoms with E-state index in [1.165, 1.54) is 4.90 Å². The number of anilines is 1. The van der Waals surface area contributed by atoms with Gasteiger partial charge in [0.15, 0.2) is 0 Å². The Morgan fingerprint density at radius 2 is 1.68 bits per heavy atom. The second-order valence-corrected chi connectivity index (χ2v) is 6.83.